The summed E-state index contributed by atoms with van der Waals surface area (Å²) in [6, 6.07) is 0.238. The minimum Gasteiger partial charge on any atom is -0.464 e. The van der Waals surface area contributed by atoms with E-state index in [4.69, 9.17) is 10.6 Å². The highest BCUT2D eigenvalue weighted by atomic mass is 32.1. The van der Waals surface area contributed by atoms with Crippen LogP contribution < -0.4 is 21.3 Å². The van der Waals surface area contributed by atoms with Crippen LogP contribution in [0.3, 0.4) is 0 Å². The maximum Gasteiger partial charge on any atom is 0.323 e. The molecule has 0 aliphatic carbocycles. The summed E-state index contributed by atoms with van der Waals surface area (Å²) in [7, 11) is 0. The third-order valence-electron chi connectivity index (χ3n) is 2.17. The lowest BCUT2D eigenvalue weighted by molar-refractivity contribution is 0.312. The predicted molar refractivity (Wildman–Crippen MR) is 73.1 cm³/mol. The summed E-state index contributed by atoms with van der Waals surface area (Å²) in [5.74, 6) is 5.97. The molecule has 0 spiro atoms. The number of nitrogen functional groups attached to an aromatic ring is 1. The number of nitrogens with one attached hydrogen (secondary N) is 2. The Kier molecular flexibility index (Phi) is 4.81. The fourth-order valence-corrected chi connectivity index (χ4v) is 1.95. The molecule has 0 unspecified atom stereocenters. The van der Waals surface area contributed by atoms with Crippen molar-refractivity contribution < 1.29 is 4.74 Å². The number of rotatable bonds is 7. The molecule has 0 aliphatic heterocycles. The van der Waals surface area contributed by atoms with Crippen LogP contribution >= 0.6 is 11.3 Å². The molecule has 2 rings (SSSR count). The molecule has 8 nitrogen and oxygen atoms in total. The van der Waals surface area contributed by atoms with Crippen molar-refractivity contribution in [1.29, 1.82) is 0 Å². The number of thiazole rings is 1. The van der Waals surface area contributed by atoms with E-state index in [0.717, 1.165) is 12.1 Å². The van der Waals surface area contributed by atoms with Crippen molar-refractivity contribution >= 4 is 23.2 Å². The summed E-state index contributed by atoms with van der Waals surface area (Å²) < 4.78 is 5.23. The molecule has 2 aromatic heterocycles. The molecule has 0 amide bonds. The van der Waals surface area contributed by atoms with E-state index in [-0.39, 0.29) is 12.0 Å². The zero-order valence-corrected chi connectivity index (χ0v) is 11.3. The largest absolute Gasteiger partial charge is 0.464 e. The van der Waals surface area contributed by atoms with E-state index in [1.807, 2.05) is 17.8 Å². The second-order valence-electron chi connectivity index (χ2n) is 3.50. The summed E-state index contributed by atoms with van der Waals surface area (Å²) in [5.41, 5.74) is 5.22. The number of nitrogens with two attached hydrogens (primary N) is 1. The van der Waals surface area contributed by atoms with Crippen molar-refractivity contribution in [1.82, 2.24) is 19.9 Å². The number of aromatic nitrogens is 4. The Balaban J connectivity index is 1.96. The smallest absolute Gasteiger partial charge is 0.323 e. The molecular weight excluding hydrogens is 266 g/mol. The molecule has 102 valence electrons. The van der Waals surface area contributed by atoms with Crippen LogP contribution in [0.2, 0.25) is 0 Å². The molecule has 0 aliphatic rings. The quantitative estimate of drug-likeness (QED) is 0.501. The topological polar surface area (TPSA) is 111 Å². The molecule has 0 aromatic carbocycles. The summed E-state index contributed by atoms with van der Waals surface area (Å²) in [6.45, 7) is 3.00. The first-order chi connectivity index (χ1) is 9.31. The minimum absolute atomic E-state index is 0.238. The van der Waals surface area contributed by atoms with Crippen LogP contribution in [-0.4, -0.2) is 33.1 Å². The van der Waals surface area contributed by atoms with Crippen molar-refractivity contribution in [2.75, 3.05) is 23.9 Å². The van der Waals surface area contributed by atoms with Crippen molar-refractivity contribution in [3.8, 4) is 6.01 Å². The van der Waals surface area contributed by atoms with E-state index < -0.39 is 0 Å². The number of hydrazine groups is 1. The molecule has 19 heavy (non-hydrogen) atoms. The zero-order chi connectivity index (χ0) is 13.5. The molecule has 2 heterocycles. The highest BCUT2D eigenvalue weighted by molar-refractivity contribution is 7.07. The average Bonchev–Trinajstić information content (AvgIpc) is 2.92. The maximum atomic E-state index is 5.29. The molecule has 0 atom stereocenters. The van der Waals surface area contributed by atoms with Crippen molar-refractivity contribution in [2.45, 2.75) is 13.3 Å². The standard InChI is InChI=1S/C10H15N7OS/c1-2-18-10-15-8(14-9(16-10)17-11)12-4-3-7-5-19-6-13-7/h5-6H,2-4,11H2,1H3,(H2,12,14,15,16,17). The second kappa shape index (κ2) is 6.81. The Bertz CT molecular complexity index is 505. The summed E-state index contributed by atoms with van der Waals surface area (Å²) >= 11 is 1.57. The third kappa shape index (κ3) is 4.00. The van der Waals surface area contributed by atoms with E-state index in [0.29, 0.717) is 19.1 Å². The lowest BCUT2D eigenvalue weighted by Gasteiger charge is -2.07. The van der Waals surface area contributed by atoms with Crippen LogP contribution in [0.1, 0.15) is 12.6 Å². The Morgan fingerprint density at radius 1 is 1.32 bits per heavy atom. The number of nitrogens with zero attached hydrogens (tertiary/aromatic N) is 4. The molecule has 0 saturated carbocycles. The molecule has 4 N–H and O–H groups in total. The normalized spacial score (nSPS) is 10.2. The van der Waals surface area contributed by atoms with Crippen molar-refractivity contribution in [3.63, 3.8) is 0 Å². The van der Waals surface area contributed by atoms with Gasteiger partial charge in [-0.3, -0.25) is 5.43 Å². The van der Waals surface area contributed by atoms with Crippen LogP contribution in [0, 0.1) is 0 Å². The average molecular weight is 281 g/mol. The third-order valence-corrected chi connectivity index (χ3v) is 2.80. The summed E-state index contributed by atoms with van der Waals surface area (Å²) in [4.78, 5) is 16.4. The van der Waals surface area contributed by atoms with Crippen molar-refractivity contribution in [3.05, 3.63) is 16.6 Å². The first kappa shape index (κ1) is 13.4. The van der Waals surface area contributed by atoms with Crippen molar-refractivity contribution in [2.24, 2.45) is 5.84 Å². The first-order valence-electron chi connectivity index (χ1n) is 5.78. The molecule has 0 bridgehead atoms. The molecule has 0 saturated heterocycles. The van der Waals surface area contributed by atoms with E-state index >= 15 is 0 Å². The van der Waals surface area contributed by atoms with Crippen LogP contribution in [-0.2, 0) is 6.42 Å². The Morgan fingerprint density at radius 3 is 2.84 bits per heavy atom. The van der Waals surface area contributed by atoms with Gasteiger partial charge in [0.25, 0.3) is 0 Å². The Labute approximate surface area is 114 Å². The van der Waals surface area contributed by atoms with E-state index in [1.165, 1.54) is 0 Å². The van der Waals surface area contributed by atoms with Gasteiger partial charge in [0.1, 0.15) is 0 Å². The van der Waals surface area contributed by atoms with Crippen LogP contribution in [0.25, 0.3) is 0 Å². The minimum atomic E-state index is 0.238. The van der Waals surface area contributed by atoms with Gasteiger partial charge in [0.2, 0.25) is 11.9 Å². The second-order valence-corrected chi connectivity index (χ2v) is 4.22. The van der Waals surface area contributed by atoms with Gasteiger partial charge in [-0.25, -0.2) is 10.8 Å². The van der Waals surface area contributed by atoms with Gasteiger partial charge in [-0.05, 0) is 6.92 Å². The molecule has 0 fully saturated rings. The fourth-order valence-electron chi connectivity index (χ4n) is 1.36. The maximum absolute atomic E-state index is 5.29. The molecule has 0 radical (unpaired) electrons. The monoisotopic (exact) mass is 281 g/mol. The Hall–Kier alpha value is -2.00. The summed E-state index contributed by atoms with van der Waals surface area (Å²) in [5, 5.41) is 5.09. The number of anilines is 2. The number of hydrogen-bond donors (Lipinski definition) is 3. The SMILES string of the molecule is CCOc1nc(NN)nc(NCCc2cscn2)n1. The van der Waals surface area contributed by atoms with Gasteiger partial charge in [-0.1, -0.05) is 0 Å². The molecule has 2 aromatic rings. The summed E-state index contributed by atoms with van der Waals surface area (Å²) in [6.07, 6.45) is 0.796. The van der Waals surface area contributed by atoms with Gasteiger partial charge in [-0.15, -0.1) is 11.3 Å². The lowest BCUT2D eigenvalue weighted by atomic mass is 10.3. The fraction of sp³-hybridized carbons (Fsp3) is 0.400. The Morgan fingerprint density at radius 2 is 2.16 bits per heavy atom. The van der Waals surface area contributed by atoms with Crippen LogP contribution in [0.5, 0.6) is 6.01 Å². The zero-order valence-electron chi connectivity index (χ0n) is 10.5. The van der Waals surface area contributed by atoms with Gasteiger partial charge in [0.15, 0.2) is 0 Å². The van der Waals surface area contributed by atoms with Gasteiger partial charge in [0.05, 0.1) is 17.8 Å². The highest BCUT2D eigenvalue weighted by Gasteiger charge is 2.06. The van der Waals surface area contributed by atoms with Crippen LogP contribution in [0.15, 0.2) is 10.9 Å². The van der Waals surface area contributed by atoms with Gasteiger partial charge >= 0.3 is 6.01 Å². The van der Waals surface area contributed by atoms with Gasteiger partial charge in [-0.2, -0.15) is 15.0 Å². The van der Waals surface area contributed by atoms with Gasteiger partial charge < -0.3 is 10.1 Å². The van der Waals surface area contributed by atoms with Gasteiger partial charge in [0, 0.05) is 18.3 Å². The predicted octanol–water partition coefficient (Wildman–Crippen LogP) is 0.667. The van der Waals surface area contributed by atoms with Crippen LogP contribution in [0.4, 0.5) is 11.9 Å². The molecule has 9 heteroatoms. The number of hydrogen-bond acceptors (Lipinski definition) is 9. The van der Waals surface area contributed by atoms with E-state index in [1.54, 1.807) is 11.3 Å². The first-order valence-corrected chi connectivity index (χ1v) is 6.72. The molecular formula is C10H15N7OS. The number of ether oxygens (including phenoxy) is 1. The van der Waals surface area contributed by atoms with E-state index in [9.17, 15) is 0 Å². The lowest BCUT2D eigenvalue weighted by Crippen LogP contribution is -2.15. The highest BCUT2D eigenvalue weighted by Crippen LogP contribution is 2.10. The van der Waals surface area contributed by atoms with E-state index in [2.05, 4.69) is 30.7 Å².